The van der Waals surface area contributed by atoms with Crippen LogP contribution in [-0.2, 0) is 13.0 Å². The summed E-state index contributed by atoms with van der Waals surface area (Å²) in [5, 5.41) is 2.83. The summed E-state index contributed by atoms with van der Waals surface area (Å²) in [4.78, 5) is 27.3. The van der Waals surface area contributed by atoms with Gasteiger partial charge in [0.05, 0.1) is 7.11 Å². The molecule has 0 aliphatic carbocycles. The van der Waals surface area contributed by atoms with E-state index in [0.29, 0.717) is 47.8 Å². The second-order valence-corrected chi connectivity index (χ2v) is 8.31. The van der Waals surface area contributed by atoms with Gasteiger partial charge < -0.3 is 19.4 Å². The maximum absolute atomic E-state index is 13.1. The highest BCUT2D eigenvalue weighted by molar-refractivity contribution is 6.04. The van der Waals surface area contributed by atoms with Crippen LogP contribution >= 0.6 is 0 Å². The van der Waals surface area contributed by atoms with Crippen molar-refractivity contribution in [2.24, 2.45) is 0 Å². The third-order valence-electron chi connectivity index (χ3n) is 6.00. The van der Waals surface area contributed by atoms with Gasteiger partial charge in [0, 0.05) is 47.5 Å². The Morgan fingerprint density at radius 1 is 0.971 bits per heavy atom. The average Bonchev–Trinajstić information content (AvgIpc) is 3.32. The smallest absolute Gasteiger partial charge is 0.255 e. The lowest BCUT2D eigenvalue weighted by Crippen LogP contribution is -2.35. The number of amides is 2. The van der Waals surface area contributed by atoms with Crippen LogP contribution in [0.5, 0.6) is 5.75 Å². The van der Waals surface area contributed by atoms with Gasteiger partial charge >= 0.3 is 0 Å². The molecule has 6 nitrogen and oxygen atoms in total. The minimum atomic E-state index is -0.394. The number of carbonyl (C=O) groups is 2. The first-order chi connectivity index (χ1) is 17.0. The fourth-order valence-electron chi connectivity index (χ4n) is 4.12. The first-order valence-corrected chi connectivity index (χ1v) is 11.2. The zero-order valence-electron chi connectivity index (χ0n) is 19.1. The second kappa shape index (κ2) is 9.46. The molecule has 0 radical (unpaired) electrons. The molecule has 0 unspecified atom stereocenters. The van der Waals surface area contributed by atoms with E-state index in [0.717, 1.165) is 16.9 Å². The van der Waals surface area contributed by atoms with Crippen molar-refractivity contribution < 1.29 is 23.1 Å². The van der Waals surface area contributed by atoms with Gasteiger partial charge in [-0.2, -0.15) is 0 Å². The number of hydrogen-bond donors (Lipinski definition) is 1. The van der Waals surface area contributed by atoms with Gasteiger partial charge in [0.2, 0.25) is 0 Å². The Hall–Kier alpha value is -4.39. The highest BCUT2D eigenvalue weighted by Gasteiger charge is 2.25. The van der Waals surface area contributed by atoms with Gasteiger partial charge in [0.25, 0.3) is 11.8 Å². The minimum absolute atomic E-state index is 0.0356. The lowest BCUT2D eigenvalue weighted by atomic mass is 10.1. The molecule has 176 valence electrons. The first-order valence-electron chi connectivity index (χ1n) is 11.2. The van der Waals surface area contributed by atoms with Crippen molar-refractivity contribution in [3.8, 4) is 17.1 Å². The second-order valence-electron chi connectivity index (χ2n) is 8.31. The molecule has 3 aromatic carbocycles. The van der Waals surface area contributed by atoms with Crippen LogP contribution in [0.4, 0.5) is 10.1 Å². The monoisotopic (exact) mass is 470 g/mol. The fraction of sp³-hybridized carbons (Fsp3) is 0.143. The van der Waals surface area contributed by atoms with E-state index in [2.05, 4.69) is 5.32 Å². The zero-order chi connectivity index (χ0) is 24.4. The van der Waals surface area contributed by atoms with Crippen LogP contribution in [0.15, 0.2) is 83.3 Å². The van der Waals surface area contributed by atoms with Gasteiger partial charge in [-0.15, -0.1) is 0 Å². The van der Waals surface area contributed by atoms with E-state index in [1.165, 1.54) is 24.3 Å². The van der Waals surface area contributed by atoms with E-state index in [9.17, 15) is 14.0 Å². The molecule has 5 rings (SSSR count). The Kier molecular flexibility index (Phi) is 6.06. The van der Waals surface area contributed by atoms with E-state index in [1.54, 1.807) is 37.4 Å². The Bertz CT molecular complexity index is 1380. The molecule has 0 bridgehead atoms. The van der Waals surface area contributed by atoms with Crippen molar-refractivity contribution >= 4 is 17.5 Å². The standard InChI is InChI=1S/C28H23FN2O4/c1-34-24-11-7-19(8-12-24)28(33)31-14-13-25-21(17-31)16-26(35-25)20-3-2-4-23(15-20)30-27(32)18-5-9-22(29)10-6-18/h2-12,15-16H,13-14,17H2,1H3,(H,30,32). The van der Waals surface area contributed by atoms with E-state index in [-0.39, 0.29) is 11.8 Å². The summed E-state index contributed by atoms with van der Waals surface area (Å²) in [5.41, 5.74) is 3.36. The topological polar surface area (TPSA) is 71.8 Å². The largest absolute Gasteiger partial charge is 0.497 e. The summed E-state index contributed by atoms with van der Waals surface area (Å²) >= 11 is 0. The van der Waals surface area contributed by atoms with Crippen molar-refractivity contribution in [2.75, 3.05) is 19.0 Å². The Morgan fingerprint density at radius 3 is 2.46 bits per heavy atom. The van der Waals surface area contributed by atoms with Crippen molar-refractivity contribution in [3.63, 3.8) is 0 Å². The molecular weight excluding hydrogens is 447 g/mol. The highest BCUT2D eigenvalue weighted by atomic mass is 19.1. The number of nitrogens with one attached hydrogen (secondary N) is 1. The van der Waals surface area contributed by atoms with Crippen LogP contribution < -0.4 is 10.1 Å². The summed E-state index contributed by atoms with van der Waals surface area (Å²) in [6.45, 7) is 1.03. The molecule has 7 heteroatoms. The van der Waals surface area contributed by atoms with Gasteiger partial charge in [0.1, 0.15) is 23.1 Å². The molecule has 0 fully saturated rings. The molecule has 1 aromatic heterocycles. The number of furan rings is 1. The quantitative estimate of drug-likeness (QED) is 0.415. The number of halogens is 1. The van der Waals surface area contributed by atoms with E-state index in [4.69, 9.17) is 9.15 Å². The maximum Gasteiger partial charge on any atom is 0.255 e. The average molecular weight is 471 g/mol. The maximum atomic E-state index is 13.1. The van der Waals surface area contributed by atoms with Crippen LogP contribution in [-0.4, -0.2) is 30.4 Å². The van der Waals surface area contributed by atoms with Crippen LogP contribution in [0.1, 0.15) is 32.0 Å². The summed E-state index contributed by atoms with van der Waals surface area (Å²) in [5.74, 6) is 1.49. The summed E-state index contributed by atoms with van der Waals surface area (Å²) in [7, 11) is 1.59. The highest BCUT2D eigenvalue weighted by Crippen LogP contribution is 2.31. The molecule has 0 saturated carbocycles. The molecule has 2 heterocycles. The number of hydrogen-bond acceptors (Lipinski definition) is 4. The van der Waals surface area contributed by atoms with E-state index >= 15 is 0 Å². The van der Waals surface area contributed by atoms with Crippen molar-refractivity contribution in [1.82, 2.24) is 4.90 Å². The normalized spacial score (nSPS) is 12.7. The molecular formula is C28H23FN2O4. The molecule has 4 aromatic rings. The lowest BCUT2D eigenvalue weighted by Gasteiger charge is -2.26. The SMILES string of the molecule is COc1ccc(C(=O)N2CCc3oc(-c4cccc(NC(=O)c5ccc(F)cc5)c4)cc3C2)cc1. The molecule has 2 amide bonds. The molecule has 1 aliphatic rings. The summed E-state index contributed by atoms with van der Waals surface area (Å²) in [6.07, 6.45) is 0.623. The molecule has 1 N–H and O–H groups in total. The molecule has 0 spiro atoms. The predicted molar refractivity (Wildman–Crippen MR) is 130 cm³/mol. The molecule has 35 heavy (non-hydrogen) atoms. The third kappa shape index (κ3) is 4.80. The van der Waals surface area contributed by atoms with Gasteiger partial charge in [0.15, 0.2) is 0 Å². The summed E-state index contributed by atoms with van der Waals surface area (Å²) in [6, 6.07) is 21.8. The van der Waals surface area contributed by atoms with Crippen molar-refractivity contribution in [3.05, 3.63) is 107 Å². The number of carbonyl (C=O) groups excluding carboxylic acids is 2. The van der Waals surface area contributed by atoms with Gasteiger partial charge in [-0.3, -0.25) is 9.59 Å². The van der Waals surface area contributed by atoms with Gasteiger partial charge in [-0.25, -0.2) is 4.39 Å². The lowest BCUT2D eigenvalue weighted by molar-refractivity contribution is 0.0729. The third-order valence-corrected chi connectivity index (χ3v) is 6.00. The Labute approximate surface area is 201 Å². The van der Waals surface area contributed by atoms with E-state index in [1.807, 2.05) is 29.2 Å². The number of fused-ring (bicyclic) bond motifs is 1. The number of nitrogens with zero attached hydrogens (tertiary/aromatic N) is 1. The van der Waals surface area contributed by atoms with Crippen molar-refractivity contribution in [2.45, 2.75) is 13.0 Å². The van der Waals surface area contributed by atoms with Crippen molar-refractivity contribution in [1.29, 1.82) is 0 Å². The first kappa shape index (κ1) is 22.4. The molecule has 1 aliphatic heterocycles. The molecule has 0 saturated heterocycles. The van der Waals surface area contributed by atoms with Crippen LogP contribution in [0.25, 0.3) is 11.3 Å². The van der Waals surface area contributed by atoms with Crippen LogP contribution in [0, 0.1) is 5.82 Å². The number of benzene rings is 3. The van der Waals surface area contributed by atoms with Gasteiger partial charge in [-0.1, -0.05) is 12.1 Å². The number of methoxy groups -OCH3 is 1. The Balaban J connectivity index is 1.30. The molecule has 0 atom stereocenters. The minimum Gasteiger partial charge on any atom is -0.497 e. The summed E-state index contributed by atoms with van der Waals surface area (Å²) < 4.78 is 24.4. The number of rotatable bonds is 5. The predicted octanol–water partition coefficient (Wildman–Crippen LogP) is 5.55. The van der Waals surface area contributed by atoms with Crippen LogP contribution in [0.2, 0.25) is 0 Å². The zero-order valence-corrected chi connectivity index (χ0v) is 19.1. The number of anilines is 1. The fourth-order valence-corrected chi connectivity index (χ4v) is 4.12. The van der Waals surface area contributed by atoms with Gasteiger partial charge in [-0.05, 0) is 66.7 Å². The van der Waals surface area contributed by atoms with E-state index < -0.39 is 5.82 Å². The Morgan fingerprint density at radius 2 is 1.71 bits per heavy atom. The number of ether oxygens (including phenoxy) is 1. The van der Waals surface area contributed by atoms with Crippen LogP contribution in [0.3, 0.4) is 0 Å².